The molecule has 6 nitrogen and oxygen atoms in total. The normalized spacial score (nSPS) is 14.7. The summed E-state index contributed by atoms with van der Waals surface area (Å²) < 4.78 is 13.7. The Morgan fingerprint density at radius 1 is 1.25 bits per heavy atom. The Kier molecular flexibility index (Phi) is 5.64. The summed E-state index contributed by atoms with van der Waals surface area (Å²) in [6.07, 6.45) is 2.36. The minimum absolute atomic E-state index is 0.153. The van der Waals surface area contributed by atoms with Crippen LogP contribution >= 0.6 is 11.7 Å². The van der Waals surface area contributed by atoms with Crippen LogP contribution in [-0.4, -0.2) is 37.8 Å². The Bertz CT molecular complexity index is 931. The highest BCUT2D eigenvalue weighted by Crippen LogP contribution is 2.29. The maximum absolute atomic E-state index is 12.6. The topological polar surface area (TPSA) is 75.6 Å². The van der Waals surface area contributed by atoms with Gasteiger partial charge in [0.1, 0.15) is 12.4 Å². The first-order valence-corrected chi connectivity index (χ1v) is 9.98. The Labute approximate surface area is 167 Å². The first kappa shape index (κ1) is 18.6. The van der Waals surface area contributed by atoms with E-state index in [1.165, 1.54) is 11.8 Å². The quantitative estimate of drug-likeness (QED) is 0.718. The number of carbonyl (C=O) groups excluding carboxylic acids is 1. The Hall–Kier alpha value is -2.77. The number of aliphatic hydroxyl groups is 1. The van der Waals surface area contributed by atoms with E-state index in [1.54, 1.807) is 4.90 Å². The van der Waals surface area contributed by atoms with Crippen molar-refractivity contribution >= 4 is 17.6 Å². The first-order chi connectivity index (χ1) is 13.7. The lowest BCUT2D eigenvalue weighted by Crippen LogP contribution is -2.32. The zero-order valence-corrected chi connectivity index (χ0v) is 16.1. The molecule has 144 valence electrons. The average Bonchev–Trinajstić information content (AvgIpc) is 3.18. The summed E-state index contributed by atoms with van der Waals surface area (Å²) >= 11 is 1.02. The number of rotatable bonds is 5. The lowest BCUT2D eigenvalue weighted by molar-refractivity contribution is 0.0728. The zero-order valence-electron chi connectivity index (χ0n) is 15.3. The molecule has 1 atom stereocenters. The minimum atomic E-state index is -0.569. The fourth-order valence-corrected chi connectivity index (χ4v) is 3.74. The monoisotopic (exact) mass is 395 g/mol. The molecule has 1 N–H and O–H groups in total. The van der Waals surface area contributed by atoms with Crippen LogP contribution in [-0.2, 0) is 13.0 Å². The summed E-state index contributed by atoms with van der Waals surface area (Å²) in [5.74, 6) is 0.603. The highest BCUT2D eigenvalue weighted by atomic mass is 32.1. The third kappa shape index (κ3) is 4.21. The van der Waals surface area contributed by atoms with E-state index in [4.69, 9.17) is 4.74 Å². The van der Waals surface area contributed by atoms with Crippen molar-refractivity contribution in [3.05, 3.63) is 77.1 Å². The van der Waals surface area contributed by atoms with Gasteiger partial charge in [-0.3, -0.25) is 4.79 Å². The van der Waals surface area contributed by atoms with Crippen molar-refractivity contribution in [3.8, 4) is 5.75 Å². The van der Waals surface area contributed by atoms with Gasteiger partial charge in [-0.15, -0.1) is 0 Å². The van der Waals surface area contributed by atoms with E-state index in [9.17, 15) is 9.90 Å². The van der Waals surface area contributed by atoms with Gasteiger partial charge in [0, 0.05) is 12.1 Å². The summed E-state index contributed by atoms with van der Waals surface area (Å²) in [7, 11) is 0. The second-order valence-corrected chi connectivity index (χ2v) is 7.33. The van der Waals surface area contributed by atoms with Crippen LogP contribution in [0, 0.1) is 0 Å². The van der Waals surface area contributed by atoms with Crippen LogP contribution in [0.1, 0.15) is 39.7 Å². The van der Waals surface area contributed by atoms with Gasteiger partial charge in [0.05, 0.1) is 30.6 Å². The molecule has 0 spiro atoms. The van der Waals surface area contributed by atoms with Crippen LogP contribution in [0.2, 0.25) is 0 Å². The second-order valence-electron chi connectivity index (χ2n) is 6.78. The lowest BCUT2D eigenvalue weighted by atomic mass is 9.99. The number of ether oxygens (including phenoxy) is 1. The maximum Gasteiger partial charge on any atom is 0.275 e. The van der Waals surface area contributed by atoms with Crippen LogP contribution < -0.4 is 4.74 Å². The Morgan fingerprint density at radius 2 is 2.11 bits per heavy atom. The third-order valence-corrected chi connectivity index (χ3v) is 5.34. The highest BCUT2D eigenvalue weighted by molar-refractivity contribution is 6.99. The molecular formula is C21H21N3O3S. The summed E-state index contributed by atoms with van der Waals surface area (Å²) in [5, 5.41) is 10.6. The fourth-order valence-electron chi connectivity index (χ4n) is 3.33. The summed E-state index contributed by atoms with van der Waals surface area (Å²) in [4.78, 5) is 14.3. The number of amides is 1. The number of fused-ring (bicyclic) bond motifs is 1. The number of benzene rings is 2. The average molecular weight is 395 g/mol. The van der Waals surface area contributed by atoms with E-state index in [-0.39, 0.29) is 5.91 Å². The Balaban J connectivity index is 1.48. The standard InChI is InChI=1S/C21H21N3O3S/c25-19(8-6-15-4-2-1-3-5-15)16-7-9-20-17(12-16)14-24(10-11-27-20)21(26)18-13-22-28-23-18/h1-5,7,9,12-13,19,25H,6,8,10-11,14H2/t19-/m0/s1. The van der Waals surface area contributed by atoms with E-state index in [2.05, 4.69) is 20.9 Å². The number of nitrogens with zero attached hydrogens (tertiary/aromatic N) is 3. The Morgan fingerprint density at radius 3 is 2.89 bits per heavy atom. The van der Waals surface area contributed by atoms with Gasteiger partial charge < -0.3 is 14.7 Å². The van der Waals surface area contributed by atoms with Crippen LogP contribution in [0.3, 0.4) is 0 Å². The van der Waals surface area contributed by atoms with Gasteiger partial charge in [0.25, 0.3) is 5.91 Å². The van der Waals surface area contributed by atoms with E-state index in [0.29, 0.717) is 31.8 Å². The van der Waals surface area contributed by atoms with E-state index in [1.807, 2.05) is 36.4 Å². The second kappa shape index (κ2) is 8.50. The molecule has 0 unspecified atom stereocenters. The van der Waals surface area contributed by atoms with Crippen LogP contribution in [0.5, 0.6) is 5.75 Å². The molecular weight excluding hydrogens is 374 g/mol. The number of aliphatic hydroxyl groups excluding tert-OH is 1. The highest BCUT2D eigenvalue weighted by Gasteiger charge is 2.23. The number of carbonyl (C=O) groups is 1. The molecule has 0 fully saturated rings. The van der Waals surface area contributed by atoms with Gasteiger partial charge in [-0.1, -0.05) is 36.4 Å². The summed E-state index contributed by atoms with van der Waals surface area (Å²) in [6.45, 7) is 1.33. The van der Waals surface area contributed by atoms with Gasteiger partial charge in [0.2, 0.25) is 0 Å². The molecule has 1 amide bonds. The van der Waals surface area contributed by atoms with E-state index < -0.39 is 6.10 Å². The zero-order chi connectivity index (χ0) is 19.3. The molecule has 28 heavy (non-hydrogen) atoms. The number of hydrogen-bond acceptors (Lipinski definition) is 6. The van der Waals surface area contributed by atoms with Crippen LogP contribution in [0.25, 0.3) is 0 Å². The van der Waals surface area contributed by atoms with E-state index in [0.717, 1.165) is 35.0 Å². The first-order valence-electron chi connectivity index (χ1n) is 9.25. The lowest BCUT2D eigenvalue weighted by Gasteiger charge is -2.19. The van der Waals surface area contributed by atoms with Crippen molar-refractivity contribution in [2.75, 3.05) is 13.2 Å². The molecule has 3 aromatic rings. The third-order valence-electron chi connectivity index (χ3n) is 4.87. The molecule has 7 heteroatoms. The van der Waals surface area contributed by atoms with Crippen LogP contribution in [0.15, 0.2) is 54.7 Å². The van der Waals surface area contributed by atoms with Crippen molar-refractivity contribution in [3.63, 3.8) is 0 Å². The molecule has 0 saturated carbocycles. The predicted molar refractivity (Wildman–Crippen MR) is 106 cm³/mol. The van der Waals surface area contributed by atoms with Crippen molar-refractivity contribution in [2.24, 2.45) is 0 Å². The molecule has 0 radical (unpaired) electrons. The molecule has 0 bridgehead atoms. The SMILES string of the molecule is O=C(c1cnsn1)N1CCOc2ccc([C@@H](O)CCc3ccccc3)cc2C1. The van der Waals surface area contributed by atoms with Gasteiger partial charge in [-0.05, 0) is 36.1 Å². The van der Waals surface area contributed by atoms with Gasteiger partial charge in [0.15, 0.2) is 5.69 Å². The van der Waals surface area contributed by atoms with Crippen molar-refractivity contribution < 1.29 is 14.6 Å². The maximum atomic E-state index is 12.6. The molecule has 2 aromatic carbocycles. The summed E-state index contributed by atoms with van der Waals surface area (Å²) in [5.41, 5.74) is 3.29. The fraction of sp³-hybridized carbons (Fsp3) is 0.286. The summed E-state index contributed by atoms with van der Waals surface area (Å²) in [6, 6.07) is 15.8. The van der Waals surface area contributed by atoms with Crippen molar-refractivity contribution in [2.45, 2.75) is 25.5 Å². The molecule has 2 heterocycles. The minimum Gasteiger partial charge on any atom is -0.491 e. The molecule has 4 rings (SSSR count). The predicted octanol–water partition coefficient (Wildman–Crippen LogP) is 3.24. The smallest absolute Gasteiger partial charge is 0.275 e. The number of aryl methyl sites for hydroxylation is 1. The van der Waals surface area contributed by atoms with Gasteiger partial charge >= 0.3 is 0 Å². The van der Waals surface area contributed by atoms with Gasteiger partial charge in [-0.2, -0.15) is 8.75 Å². The van der Waals surface area contributed by atoms with Crippen molar-refractivity contribution in [1.82, 2.24) is 13.6 Å². The number of aromatic nitrogens is 2. The largest absolute Gasteiger partial charge is 0.491 e. The molecule has 1 aliphatic rings. The molecule has 0 aliphatic carbocycles. The molecule has 1 aliphatic heterocycles. The van der Waals surface area contributed by atoms with Gasteiger partial charge in [-0.25, -0.2) is 0 Å². The van der Waals surface area contributed by atoms with Crippen LogP contribution in [0.4, 0.5) is 0 Å². The van der Waals surface area contributed by atoms with Crippen molar-refractivity contribution in [1.29, 1.82) is 0 Å². The molecule has 1 aromatic heterocycles. The molecule has 0 saturated heterocycles. The van der Waals surface area contributed by atoms with E-state index >= 15 is 0 Å². The number of hydrogen-bond donors (Lipinski definition) is 1.